The van der Waals surface area contributed by atoms with Gasteiger partial charge in [0, 0.05) is 17.6 Å². The van der Waals surface area contributed by atoms with Crippen molar-refractivity contribution >= 4 is 22.0 Å². The molecular weight excluding hydrogens is 286 g/mol. The molecule has 17 heavy (non-hydrogen) atoms. The number of rotatable bonds is 4. The molecule has 2 rings (SSSR count). The largest absolute Gasteiger partial charge is 0.447 e. The molecule has 1 saturated heterocycles. The number of hydrogen-bond donors (Lipinski definition) is 1. The number of carbonyl (C=O) groups is 1. The first-order valence-corrected chi connectivity index (χ1v) is 6.28. The average molecular weight is 300 g/mol. The van der Waals surface area contributed by atoms with E-state index in [1.165, 1.54) is 0 Å². The summed E-state index contributed by atoms with van der Waals surface area (Å²) < 4.78 is 5.98. The number of halogens is 1. The summed E-state index contributed by atoms with van der Waals surface area (Å²) in [6.07, 6.45) is 0.253. The van der Waals surface area contributed by atoms with Crippen LogP contribution >= 0.6 is 15.9 Å². The summed E-state index contributed by atoms with van der Waals surface area (Å²) in [5, 5.41) is 8.94. The van der Waals surface area contributed by atoms with E-state index in [4.69, 9.17) is 9.84 Å². The first-order chi connectivity index (χ1) is 8.20. The number of nitrogens with zero attached hydrogens (tertiary/aromatic N) is 1. The molecule has 0 bridgehead atoms. The second-order valence-electron chi connectivity index (χ2n) is 4.00. The highest BCUT2D eigenvalue weighted by molar-refractivity contribution is 9.10. The molecule has 1 aromatic rings. The van der Waals surface area contributed by atoms with Gasteiger partial charge in [0.2, 0.25) is 0 Å². The molecule has 0 aromatic heterocycles. The molecule has 1 aromatic carbocycles. The Morgan fingerprint density at radius 1 is 1.53 bits per heavy atom. The van der Waals surface area contributed by atoms with E-state index in [0.717, 1.165) is 10.0 Å². The molecule has 5 heteroatoms. The molecule has 1 heterocycles. The SMILES string of the molecule is O=C1OCC(CCO)N1Cc1cccc(Br)c1. The number of ether oxygens (including phenoxy) is 1. The Hall–Kier alpha value is -1.07. The highest BCUT2D eigenvalue weighted by atomic mass is 79.9. The number of carbonyl (C=O) groups excluding carboxylic acids is 1. The molecule has 1 unspecified atom stereocenters. The number of aliphatic hydroxyl groups is 1. The predicted octanol–water partition coefficient (Wildman–Crippen LogP) is 2.15. The van der Waals surface area contributed by atoms with Gasteiger partial charge in [-0.1, -0.05) is 28.1 Å². The summed E-state index contributed by atoms with van der Waals surface area (Å²) in [5.41, 5.74) is 1.04. The summed E-state index contributed by atoms with van der Waals surface area (Å²) in [6, 6.07) is 7.79. The Labute approximate surface area is 108 Å². The summed E-state index contributed by atoms with van der Waals surface area (Å²) in [5.74, 6) is 0. The molecule has 1 amide bonds. The standard InChI is InChI=1S/C12H14BrNO3/c13-10-3-1-2-9(6-10)7-14-11(4-5-15)8-17-12(14)16/h1-3,6,11,15H,4-5,7-8H2. The lowest BCUT2D eigenvalue weighted by Gasteiger charge is -2.20. The smallest absolute Gasteiger partial charge is 0.410 e. The first kappa shape index (κ1) is 12.4. The van der Waals surface area contributed by atoms with Crippen molar-refractivity contribution in [3.8, 4) is 0 Å². The minimum Gasteiger partial charge on any atom is -0.447 e. The van der Waals surface area contributed by atoms with Crippen molar-refractivity contribution in [1.82, 2.24) is 4.90 Å². The summed E-state index contributed by atoms with van der Waals surface area (Å²) in [7, 11) is 0. The van der Waals surface area contributed by atoms with E-state index >= 15 is 0 Å². The minimum atomic E-state index is -0.302. The van der Waals surface area contributed by atoms with Gasteiger partial charge in [0.25, 0.3) is 0 Å². The highest BCUT2D eigenvalue weighted by Crippen LogP contribution is 2.20. The predicted molar refractivity (Wildman–Crippen MR) is 66.5 cm³/mol. The van der Waals surface area contributed by atoms with Crippen molar-refractivity contribution < 1.29 is 14.6 Å². The molecule has 4 nitrogen and oxygen atoms in total. The Kier molecular flexibility index (Phi) is 4.02. The van der Waals surface area contributed by atoms with Gasteiger partial charge in [-0.15, -0.1) is 0 Å². The summed E-state index contributed by atoms with van der Waals surface area (Å²) in [4.78, 5) is 13.2. The number of cyclic esters (lactones) is 1. The molecular formula is C12H14BrNO3. The van der Waals surface area contributed by atoms with Crippen molar-refractivity contribution in [3.05, 3.63) is 34.3 Å². The number of benzene rings is 1. The fraction of sp³-hybridized carbons (Fsp3) is 0.417. The van der Waals surface area contributed by atoms with Gasteiger partial charge in [-0.05, 0) is 24.1 Å². The molecule has 0 saturated carbocycles. The van der Waals surface area contributed by atoms with Crippen molar-refractivity contribution in [2.45, 2.75) is 19.0 Å². The van der Waals surface area contributed by atoms with Crippen LogP contribution in [0.25, 0.3) is 0 Å². The van der Waals surface area contributed by atoms with Gasteiger partial charge in [0.15, 0.2) is 0 Å². The number of aliphatic hydroxyl groups excluding tert-OH is 1. The van der Waals surface area contributed by atoms with Gasteiger partial charge in [-0.25, -0.2) is 4.79 Å². The zero-order valence-electron chi connectivity index (χ0n) is 9.30. The van der Waals surface area contributed by atoms with Crippen LogP contribution in [-0.4, -0.2) is 35.4 Å². The molecule has 1 atom stereocenters. The third-order valence-corrected chi connectivity index (χ3v) is 3.27. The quantitative estimate of drug-likeness (QED) is 0.927. The monoisotopic (exact) mass is 299 g/mol. The van der Waals surface area contributed by atoms with Crippen LogP contribution in [0.5, 0.6) is 0 Å². The lowest BCUT2D eigenvalue weighted by Crippen LogP contribution is -2.33. The molecule has 0 spiro atoms. The van der Waals surface area contributed by atoms with E-state index < -0.39 is 0 Å². The van der Waals surface area contributed by atoms with E-state index in [0.29, 0.717) is 19.6 Å². The van der Waals surface area contributed by atoms with Crippen molar-refractivity contribution in [1.29, 1.82) is 0 Å². The Morgan fingerprint density at radius 2 is 2.35 bits per heavy atom. The van der Waals surface area contributed by atoms with Crippen molar-refractivity contribution in [2.24, 2.45) is 0 Å². The average Bonchev–Trinajstić information content (AvgIpc) is 2.62. The Morgan fingerprint density at radius 3 is 3.06 bits per heavy atom. The molecule has 1 aliphatic heterocycles. The van der Waals surface area contributed by atoms with Gasteiger partial charge in [-0.2, -0.15) is 0 Å². The molecule has 1 N–H and O–H groups in total. The van der Waals surface area contributed by atoms with E-state index in [1.54, 1.807) is 4.90 Å². The summed E-state index contributed by atoms with van der Waals surface area (Å²) in [6.45, 7) is 0.951. The molecule has 1 fully saturated rings. The lowest BCUT2D eigenvalue weighted by molar-refractivity contribution is 0.155. The fourth-order valence-corrected chi connectivity index (χ4v) is 2.35. The van der Waals surface area contributed by atoms with Gasteiger partial charge < -0.3 is 9.84 Å². The van der Waals surface area contributed by atoms with Crippen LogP contribution in [0.15, 0.2) is 28.7 Å². The van der Waals surface area contributed by atoms with E-state index in [9.17, 15) is 4.79 Å². The van der Waals surface area contributed by atoms with Crippen LogP contribution in [0.1, 0.15) is 12.0 Å². The number of amides is 1. The van der Waals surface area contributed by atoms with Gasteiger partial charge in [-0.3, -0.25) is 4.90 Å². The van der Waals surface area contributed by atoms with Gasteiger partial charge >= 0.3 is 6.09 Å². The number of hydrogen-bond acceptors (Lipinski definition) is 3. The topological polar surface area (TPSA) is 49.8 Å². The second-order valence-corrected chi connectivity index (χ2v) is 4.92. The third-order valence-electron chi connectivity index (χ3n) is 2.78. The third kappa shape index (κ3) is 2.98. The fourth-order valence-electron chi connectivity index (χ4n) is 1.90. The zero-order valence-corrected chi connectivity index (χ0v) is 10.9. The molecule has 1 aliphatic rings. The molecule has 0 aliphatic carbocycles. The highest BCUT2D eigenvalue weighted by Gasteiger charge is 2.32. The first-order valence-electron chi connectivity index (χ1n) is 5.49. The van der Waals surface area contributed by atoms with Crippen LogP contribution in [0.4, 0.5) is 4.79 Å². The van der Waals surface area contributed by atoms with Gasteiger partial charge in [0.05, 0.1) is 6.04 Å². The Bertz CT molecular complexity index is 410. The molecule has 92 valence electrons. The Balaban J connectivity index is 2.08. The zero-order chi connectivity index (χ0) is 12.3. The maximum absolute atomic E-state index is 11.6. The van der Waals surface area contributed by atoms with Crippen molar-refractivity contribution in [3.63, 3.8) is 0 Å². The van der Waals surface area contributed by atoms with Gasteiger partial charge in [0.1, 0.15) is 6.61 Å². The van der Waals surface area contributed by atoms with Crippen molar-refractivity contribution in [2.75, 3.05) is 13.2 Å². The molecule has 0 radical (unpaired) electrons. The van der Waals surface area contributed by atoms with Crippen LogP contribution in [0.2, 0.25) is 0 Å². The lowest BCUT2D eigenvalue weighted by atomic mass is 10.1. The minimum absolute atomic E-state index is 0.0218. The summed E-state index contributed by atoms with van der Waals surface area (Å²) >= 11 is 3.40. The maximum atomic E-state index is 11.6. The van der Waals surface area contributed by atoms with E-state index in [-0.39, 0.29) is 18.7 Å². The van der Waals surface area contributed by atoms with E-state index in [1.807, 2.05) is 24.3 Å². The van der Waals surface area contributed by atoms with Crippen LogP contribution in [0, 0.1) is 0 Å². The maximum Gasteiger partial charge on any atom is 0.410 e. The van der Waals surface area contributed by atoms with E-state index in [2.05, 4.69) is 15.9 Å². The second kappa shape index (κ2) is 5.51. The van der Waals surface area contributed by atoms with Crippen LogP contribution in [-0.2, 0) is 11.3 Å². The normalized spacial score (nSPS) is 19.5. The van der Waals surface area contributed by atoms with Crippen LogP contribution < -0.4 is 0 Å². The van der Waals surface area contributed by atoms with Crippen LogP contribution in [0.3, 0.4) is 0 Å².